The summed E-state index contributed by atoms with van der Waals surface area (Å²) in [6.07, 6.45) is 7.00. The van der Waals surface area contributed by atoms with Gasteiger partial charge in [0.1, 0.15) is 17.6 Å². The van der Waals surface area contributed by atoms with Gasteiger partial charge in [0, 0.05) is 18.7 Å². The lowest BCUT2D eigenvalue weighted by molar-refractivity contribution is -0.150. The van der Waals surface area contributed by atoms with Gasteiger partial charge in [-0.2, -0.15) is 5.26 Å². The van der Waals surface area contributed by atoms with E-state index < -0.39 is 11.4 Å². The molecular formula is C30H39N3O6. The maximum Gasteiger partial charge on any atom is 0.309 e. The van der Waals surface area contributed by atoms with Gasteiger partial charge in [0.2, 0.25) is 5.91 Å². The third-order valence-electron chi connectivity index (χ3n) is 9.82. The van der Waals surface area contributed by atoms with Gasteiger partial charge in [-0.3, -0.25) is 14.4 Å². The van der Waals surface area contributed by atoms with Crippen molar-refractivity contribution in [2.75, 3.05) is 13.7 Å². The van der Waals surface area contributed by atoms with E-state index in [0.29, 0.717) is 32.2 Å². The fourth-order valence-electron chi connectivity index (χ4n) is 6.74. The summed E-state index contributed by atoms with van der Waals surface area (Å²) in [5, 5.41) is 25.6. The first-order valence-corrected chi connectivity index (χ1v) is 14.2. The van der Waals surface area contributed by atoms with E-state index in [1.54, 1.807) is 13.0 Å². The van der Waals surface area contributed by atoms with Gasteiger partial charge in [0.05, 0.1) is 35.7 Å². The maximum atomic E-state index is 13.6. The molecule has 9 heteroatoms. The SMILES string of the molecule is COc1cc(C#N)c(OC2CCC(C)(C(=O)O)CC2)cc1C(=O)NC1C2CCC(C2)C1C(=O)NCC1(C)CC1. The number of hydrogen-bond donors (Lipinski definition) is 3. The van der Waals surface area contributed by atoms with Gasteiger partial charge >= 0.3 is 5.97 Å². The van der Waals surface area contributed by atoms with Gasteiger partial charge in [-0.25, -0.2) is 0 Å². The molecule has 9 nitrogen and oxygen atoms in total. The van der Waals surface area contributed by atoms with E-state index in [0.717, 1.165) is 32.1 Å². The molecule has 0 aliphatic heterocycles. The summed E-state index contributed by atoms with van der Waals surface area (Å²) in [4.78, 5) is 38.5. The monoisotopic (exact) mass is 537 g/mol. The first kappa shape index (κ1) is 27.3. The lowest BCUT2D eigenvalue weighted by Crippen LogP contribution is -2.50. The first-order chi connectivity index (χ1) is 18.6. The van der Waals surface area contributed by atoms with Crippen LogP contribution in [-0.4, -0.2) is 48.7 Å². The zero-order chi connectivity index (χ0) is 27.9. The van der Waals surface area contributed by atoms with Crippen LogP contribution in [0, 0.1) is 39.9 Å². The Morgan fingerprint density at radius 1 is 1.05 bits per heavy atom. The van der Waals surface area contributed by atoms with Crippen LogP contribution in [0.4, 0.5) is 0 Å². The Morgan fingerprint density at radius 3 is 2.36 bits per heavy atom. The van der Waals surface area contributed by atoms with Crippen molar-refractivity contribution in [2.24, 2.45) is 28.6 Å². The van der Waals surface area contributed by atoms with Gasteiger partial charge in [0.15, 0.2) is 0 Å². The largest absolute Gasteiger partial charge is 0.496 e. The summed E-state index contributed by atoms with van der Waals surface area (Å²) in [5.74, 6) is -0.294. The summed E-state index contributed by atoms with van der Waals surface area (Å²) in [6.45, 7) is 4.61. The Kier molecular flexibility index (Phi) is 7.25. The molecule has 4 atom stereocenters. The lowest BCUT2D eigenvalue weighted by atomic mass is 9.75. The van der Waals surface area contributed by atoms with Gasteiger partial charge in [-0.15, -0.1) is 0 Å². The van der Waals surface area contributed by atoms with E-state index in [-0.39, 0.29) is 69.8 Å². The van der Waals surface area contributed by atoms with E-state index in [2.05, 4.69) is 23.6 Å². The average Bonchev–Trinajstić information content (AvgIpc) is 3.32. The van der Waals surface area contributed by atoms with E-state index in [1.807, 2.05) is 0 Å². The van der Waals surface area contributed by atoms with Crippen molar-refractivity contribution in [2.45, 2.75) is 83.8 Å². The van der Waals surface area contributed by atoms with Crippen LogP contribution in [0.3, 0.4) is 0 Å². The number of fused-ring (bicyclic) bond motifs is 2. The standard InChI is InChI=1S/C30H39N3O6/c1-29(10-11-29)16-32-27(35)24-17-4-5-18(12-17)25(24)33-26(34)21-14-22(19(15-31)13-23(21)38-3)39-20-6-8-30(2,9-7-20)28(36)37/h13-14,17-18,20,24-25H,4-12,16H2,1-3H3,(H,32,35)(H,33,34)(H,36,37). The molecule has 2 bridgehead atoms. The molecule has 0 heterocycles. The molecule has 4 unspecified atom stereocenters. The Balaban J connectivity index is 1.32. The van der Waals surface area contributed by atoms with Crippen LogP contribution in [0.1, 0.15) is 87.6 Å². The Bertz CT molecular complexity index is 1190. The highest BCUT2D eigenvalue weighted by molar-refractivity contribution is 5.98. The molecule has 0 spiro atoms. The van der Waals surface area contributed by atoms with E-state index in [9.17, 15) is 24.8 Å². The third-order valence-corrected chi connectivity index (χ3v) is 9.82. The van der Waals surface area contributed by atoms with Crippen molar-refractivity contribution >= 4 is 17.8 Å². The first-order valence-electron chi connectivity index (χ1n) is 14.2. The number of rotatable bonds is 9. The number of amides is 2. The third kappa shape index (κ3) is 5.43. The molecule has 0 radical (unpaired) electrons. The summed E-state index contributed by atoms with van der Waals surface area (Å²) < 4.78 is 11.7. The molecule has 0 aromatic heterocycles. The quantitative estimate of drug-likeness (QED) is 0.432. The highest BCUT2D eigenvalue weighted by Gasteiger charge is 2.52. The van der Waals surface area contributed by atoms with Crippen molar-refractivity contribution < 1.29 is 29.0 Å². The minimum atomic E-state index is -0.809. The highest BCUT2D eigenvalue weighted by Crippen LogP contribution is 2.49. The molecule has 4 aliphatic carbocycles. The highest BCUT2D eigenvalue weighted by atomic mass is 16.5. The second kappa shape index (κ2) is 10.4. The van der Waals surface area contributed by atoms with Gasteiger partial charge in [-0.1, -0.05) is 6.92 Å². The van der Waals surface area contributed by atoms with Crippen molar-refractivity contribution in [1.82, 2.24) is 10.6 Å². The van der Waals surface area contributed by atoms with Crippen LogP contribution in [0.2, 0.25) is 0 Å². The van der Waals surface area contributed by atoms with E-state index in [4.69, 9.17) is 9.47 Å². The van der Waals surface area contributed by atoms with Crippen LogP contribution in [0.5, 0.6) is 11.5 Å². The Morgan fingerprint density at radius 2 is 1.74 bits per heavy atom. The molecule has 4 fully saturated rings. The average molecular weight is 538 g/mol. The minimum Gasteiger partial charge on any atom is -0.496 e. The minimum absolute atomic E-state index is 0.0297. The molecule has 5 rings (SSSR count). The van der Waals surface area contributed by atoms with Crippen LogP contribution >= 0.6 is 0 Å². The van der Waals surface area contributed by atoms with Crippen molar-refractivity contribution in [3.63, 3.8) is 0 Å². The number of nitriles is 1. The number of methoxy groups -OCH3 is 1. The zero-order valence-electron chi connectivity index (χ0n) is 23.0. The zero-order valence-corrected chi connectivity index (χ0v) is 23.0. The number of benzene rings is 1. The molecule has 2 amide bonds. The number of nitrogens with zero attached hydrogens (tertiary/aromatic N) is 1. The van der Waals surface area contributed by atoms with Gasteiger partial charge in [-0.05, 0) is 88.0 Å². The van der Waals surface area contributed by atoms with Crippen molar-refractivity contribution in [3.05, 3.63) is 23.3 Å². The summed E-state index contributed by atoms with van der Waals surface area (Å²) in [5.41, 5.74) is -0.0585. The summed E-state index contributed by atoms with van der Waals surface area (Å²) in [7, 11) is 1.45. The van der Waals surface area contributed by atoms with Crippen LogP contribution in [0.15, 0.2) is 12.1 Å². The number of aliphatic carboxylic acids is 1. The van der Waals surface area contributed by atoms with Crippen molar-refractivity contribution in [1.29, 1.82) is 5.26 Å². The smallest absolute Gasteiger partial charge is 0.309 e. The molecular weight excluding hydrogens is 498 g/mol. The number of hydrogen-bond acceptors (Lipinski definition) is 6. The van der Waals surface area contributed by atoms with Gasteiger partial charge in [0.25, 0.3) is 5.91 Å². The number of nitrogens with one attached hydrogen (secondary N) is 2. The molecule has 3 N–H and O–H groups in total. The predicted octanol–water partition coefficient (Wildman–Crippen LogP) is 4.04. The predicted molar refractivity (Wildman–Crippen MR) is 142 cm³/mol. The summed E-state index contributed by atoms with van der Waals surface area (Å²) >= 11 is 0. The second-order valence-corrected chi connectivity index (χ2v) is 12.7. The normalized spacial score (nSPS) is 32.1. The fraction of sp³-hybridized carbons (Fsp3) is 0.667. The number of carboxylic acids is 1. The van der Waals surface area contributed by atoms with Crippen LogP contribution in [-0.2, 0) is 9.59 Å². The molecule has 39 heavy (non-hydrogen) atoms. The molecule has 4 saturated carbocycles. The van der Waals surface area contributed by atoms with Crippen LogP contribution < -0.4 is 20.1 Å². The van der Waals surface area contributed by atoms with Gasteiger partial charge < -0.3 is 25.2 Å². The summed E-state index contributed by atoms with van der Waals surface area (Å²) in [6, 6.07) is 4.93. The van der Waals surface area contributed by atoms with Crippen molar-refractivity contribution in [3.8, 4) is 17.6 Å². The molecule has 0 saturated heterocycles. The molecule has 4 aliphatic rings. The number of carboxylic acid groups (broad SMARTS) is 1. The topological polar surface area (TPSA) is 138 Å². The van der Waals surface area contributed by atoms with E-state index in [1.165, 1.54) is 13.2 Å². The molecule has 1 aromatic rings. The number of ether oxygens (including phenoxy) is 2. The molecule has 210 valence electrons. The second-order valence-electron chi connectivity index (χ2n) is 12.7. The Labute approximate surface area is 229 Å². The van der Waals surface area contributed by atoms with E-state index >= 15 is 0 Å². The maximum absolute atomic E-state index is 13.6. The number of carbonyl (C=O) groups is 3. The lowest BCUT2D eigenvalue weighted by Gasteiger charge is -2.34. The van der Waals surface area contributed by atoms with Crippen LogP contribution in [0.25, 0.3) is 0 Å². The number of carbonyl (C=O) groups excluding carboxylic acids is 2. The Hall–Kier alpha value is -3.28. The fourth-order valence-corrected chi connectivity index (χ4v) is 6.74. The molecule has 1 aromatic carbocycles.